The van der Waals surface area contributed by atoms with E-state index in [-0.39, 0.29) is 0 Å². The summed E-state index contributed by atoms with van der Waals surface area (Å²) in [6.45, 7) is 0. The summed E-state index contributed by atoms with van der Waals surface area (Å²) in [5.74, 6) is 0. The van der Waals surface area contributed by atoms with E-state index in [2.05, 4.69) is 17.5 Å². The average molecular weight is 204 g/mol. The summed E-state index contributed by atoms with van der Waals surface area (Å²) >= 11 is 3.05. The molecule has 0 aliphatic heterocycles. The van der Waals surface area contributed by atoms with Gasteiger partial charge in [-0.3, -0.25) is 9.11 Å². The first-order valence-electron chi connectivity index (χ1n) is 2.59. The monoisotopic (exact) mass is 204 g/mol. The minimum atomic E-state index is -4.67. The number of rotatable bonds is 0. The molecule has 1 aromatic heterocycles. The molecule has 0 aromatic carbocycles. The van der Waals surface area contributed by atoms with Crippen molar-refractivity contribution in [3.63, 3.8) is 0 Å². The van der Waals surface area contributed by atoms with Gasteiger partial charge in [0.2, 0.25) is 0 Å². The normalized spacial score (nSPS) is 10.2. The second-order valence-corrected chi connectivity index (χ2v) is 5.52. The fourth-order valence-electron chi connectivity index (χ4n) is 0.361. The zero-order valence-corrected chi connectivity index (χ0v) is 9.39. The van der Waals surface area contributed by atoms with Crippen LogP contribution in [0.5, 0.6) is 0 Å². The van der Waals surface area contributed by atoms with Crippen LogP contribution in [0.3, 0.4) is 0 Å². The molecule has 0 bridgehead atoms. The van der Waals surface area contributed by atoms with E-state index in [1.165, 1.54) is 30.1 Å². The summed E-state index contributed by atoms with van der Waals surface area (Å²) in [5, 5.41) is 2.11. The molecule has 2 N–H and O–H groups in total. The summed E-state index contributed by atoms with van der Waals surface area (Å²) in [4.78, 5) is 0. The van der Waals surface area contributed by atoms with Crippen LogP contribution in [0.15, 0.2) is 17.5 Å². The van der Waals surface area contributed by atoms with Gasteiger partial charge in [0.15, 0.2) is 0 Å². The van der Waals surface area contributed by atoms with Crippen LogP contribution in [0.1, 0.15) is 0 Å². The summed E-state index contributed by atoms with van der Waals surface area (Å²) in [6.07, 6.45) is 0. The van der Waals surface area contributed by atoms with Crippen LogP contribution in [0.4, 0.5) is 0 Å². The minimum absolute atomic E-state index is 1.21. The molecular weight excluding hydrogens is 199 g/mol. The Morgan fingerprint density at radius 2 is 1.91 bits per heavy atom. The van der Waals surface area contributed by atoms with E-state index in [4.69, 9.17) is 17.5 Å². The maximum absolute atomic E-state index is 8.74. The first-order valence-corrected chi connectivity index (χ1v) is 5.87. The predicted molar refractivity (Wildman–Crippen MR) is 43.9 cm³/mol. The van der Waals surface area contributed by atoms with Gasteiger partial charge >= 0.3 is 69.3 Å². The molecule has 0 unspecified atom stereocenters. The van der Waals surface area contributed by atoms with Gasteiger partial charge in [-0.15, -0.1) is 0 Å². The molecule has 0 atom stereocenters. The van der Waals surface area contributed by atoms with Gasteiger partial charge in [0.1, 0.15) is 0 Å². The molecule has 0 radical (unpaired) electrons. The quantitative estimate of drug-likeness (QED) is 0.456. The first-order chi connectivity index (χ1) is 4.89. The van der Waals surface area contributed by atoms with Crippen LogP contribution in [0.25, 0.3) is 0 Å². The van der Waals surface area contributed by atoms with Crippen LogP contribution in [-0.2, 0) is 10.4 Å². The van der Waals surface area contributed by atoms with E-state index < -0.39 is 10.4 Å². The Kier molecular flexibility index (Phi) is 5.53. The van der Waals surface area contributed by atoms with Crippen LogP contribution in [0.2, 0.25) is 0 Å². The van der Waals surface area contributed by atoms with Gasteiger partial charge in [-0.2, -0.15) is 8.42 Å². The zero-order chi connectivity index (χ0) is 8.91. The van der Waals surface area contributed by atoms with Gasteiger partial charge in [0.05, 0.1) is 0 Å². The van der Waals surface area contributed by atoms with Crippen molar-refractivity contribution in [1.29, 1.82) is 0 Å². The van der Waals surface area contributed by atoms with Crippen LogP contribution < -0.4 is 2.13 Å². The molecule has 1 rings (SSSR count). The van der Waals surface area contributed by atoms with Crippen molar-refractivity contribution in [3.05, 3.63) is 17.5 Å². The molecule has 0 saturated heterocycles. The molecule has 7 heteroatoms. The van der Waals surface area contributed by atoms with Crippen LogP contribution >= 0.6 is 11.3 Å². The van der Waals surface area contributed by atoms with E-state index in [1.807, 2.05) is 11.3 Å². The Balaban J connectivity index is 0.000000187. The van der Waals surface area contributed by atoms with E-state index in [9.17, 15) is 0 Å². The third kappa shape index (κ3) is 13.5. The molecule has 0 fully saturated rings. The SMILES string of the molecule is O=S(=O)(O)O.[Na][c]1cccs1. The second-order valence-electron chi connectivity index (χ2n) is 1.67. The van der Waals surface area contributed by atoms with Crippen LogP contribution in [0, 0.1) is 0 Å². The Morgan fingerprint density at radius 3 is 2.00 bits per heavy atom. The molecule has 0 amide bonds. The molecule has 1 aromatic rings. The van der Waals surface area contributed by atoms with E-state index in [1.54, 1.807) is 0 Å². The Morgan fingerprint density at radius 1 is 1.45 bits per heavy atom. The van der Waals surface area contributed by atoms with Crippen LogP contribution in [-0.4, -0.2) is 45.5 Å². The maximum atomic E-state index is 8.74. The van der Waals surface area contributed by atoms with Gasteiger partial charge in [-0.25, -0.2) is 0 Å². The number of hydrogen-bond donors (Lipinski definition) is 2. The van der Waals surface area contributed by atoms with Gasteiger partial charge in [0, 0.05) is 0 Å². The summed E-state index contributed by atoms with van der Waals surface area (Å²) in [6, 6.07) is 4.25. The summed E-state index contributed by atoms with van der Waals surface area (Å²) < 4.78 is 33.1. The van der Waals surface area contributed by atoms with Gasteiger partial charge < -0.3 is 0 Å². The molecule has 11 heavy (non-hydrogen) atoms. The molecule has 0 aliphatic carbocycles. The number of hydrogen-bond acceptors (Lipinski definition) is 3. The molecule has 58 valence electrons. The predicted octanol–water partition coefficient (Wildman–Crippen LogP) is -0.111. The Bertz CT molecular complexity index is 269. The topological polar surface area (TPSA) is 74.6 Å². The van der Waals surface area contributed by atoms with Gasteiger partial charge in [-0.05, 0) is 0 Å². The second kappa shape index (κ2) is 5.26. The standard InChI is InChI=1S/C4H3S.Na.H2O4S/c1-2-4-5-3-1;;1-5(2,3)4/h1-3H;;(H2,1,2,3,4). The van der Waals surface area contributed by atoms with Crippen molar-refractivity contribution in [1.82, 2.24) is 0 Å². The summed E-state index contributed by atoms with van der Waals surface area (Å²) in [5.41, 5.74) is 0. The molecule has 0 aliphatic rings. The van der Waals surface area contributed by atoms with E-state index in [0.717, 1.165) is 0 Å². The van der Waals surface area contributed by atoms with Crippen molar-refractivity contribution in [3.8, 4) is 0 Å². The van der Waals surface area contributed by atoms with E-state index in [0.29, 0.717) is 0 Å². The van der Waals surface area contributed by atoms with Crippen molar-refractivity contribution >= 4 is 51.8 Å². The average Bonchev–Trinajstić information content (AvgIpc) is 2.12. The fraction of sp³-hybridized carbons (Fsp3) is 0. The third-order valence-corrected chi connectivity index (χ3v) is 2.50. The molecule has 1 heterocycles. The molecule has 4 nitrogen and oxygen atoms in total. The molecule has 0 saturated carbocycles. The number of thiophene rings is 1. The van der Waals surface area contributed by atoms with Gasteiger partial charge in [-0.1, -0.05) is 0 Å². The first kappa shape index (κ1) is 11.6. The Hall–Kier alpha value is 0.570. The molecule has 0 spiro atoms. The van der Waals surface area contributed by atoms with Crippen molar-refractivity contribution in [2.24, 2.45) is 0 Å². The third-order valence-electron chi connectivity index (χ3n) is 0.663. The van der Waals surface area contributed by atoms with Crippen molar-refractivity contribution < 1.29 is 17.5 Å². The van der Waals surface area contributed by atoms with Crippen molar-refractivity contribution in [2.75, 3.05) is 0 Å². The Labute approximate surface area is 86.2 Å². The molecular formula is C4H5NaO4S2. The fourth-order valence-corrected chi connectivity index (χ4v) is 1.49. The van der Waals surface area contributed by atoms with Gasteiger partial charge in [0.25, 0.3) is 0 Å². The van der Waals surface area contributed by atoms with Crippen molar-refractivity contribution in [2.45, 2.75) is 0 Å². The summed E-state index contributed by atoms with van der Waals surface area (Å²) in [7, 11) is -4.67. The van der Waals surface area contributed by atoms with E-state index >= 15 is 0 Å². The zero-order valence-electron chi connectivity index (χ0n) is 5.76.